The molecule has 13 rings (SSSR count). The van der Waals surface area contributed by atoms with Gasteiger partial charge in [-0.15, -0.1) is 0 Å². The summed E-state index contributed by atoms with van der Waals surface area (Å²) in [4.78, 5) is 2.53. The van der Waals surface area contributed by atoms with Crippen LogP contribution in [0.2, 0.25) is 0 Å². The average Bonchev–Trinajstić information content (AvgIpc) is 3.99. The normalized spacial score (nSPS) is 11.5. The van der Waals surface area contributed by atoms with E-state index in [0.29, 0.717) is 0 Å². The van der Waals surface area contributed by atoms with E-state index in [1.807, 2.05) is 0 Å². The zero-order valence-corrected chi connectivity index (χ0v) is 44.7. The first-order valence-corrected chi connectivity index (χ1v) is 27.3. The van der Waals surface area contributed by atoms with Crippen molar-refractivity contribution in [3.8, 4) is 72.4 Å². The fourth-order valence-corrected chi connectivity index (χ4v) is 11.4. The highest BCUT2D eigenvalue weighted by Crippen LogP contribution is 2.51. The van der Waals surface area contributed by atoms with Gasteiger partial charge < -0.3 is 14.8 Å². The molecular formula is C76H59N3. The Morgan fingerprint density at radius 3 is 1.15 bits per heavy atom. The molecule has 0 saturated carbocycles. The van der Waals surface area contributed by atoms with Gasteiger partial charge in [-0.2, -0.15) is 0 Å². The van der Waals surface area contributed by atoms with Crippen molar-refractivity contribution < 1.29 is 0 Å². The number of nitrogens with one attached hydrogen (secondary N) is 1. The van der Waals surface area contributed by atoms with Crippen LogP contribution in [0, 0.1) is 0 Å². The van der Waals surface area contributed by atoms with Crippen molar-refractivity contribution in [2.24, 2.45) is 0 Å². The molecule has 0 amide bonds. The first-order chi connectivity index (χ1) is 38.8. The number of fused-ring (bicyclic) bond motifs is 3. The SMILES string of the molecule is CC(C)(C)c1cc(Nc2c(-c3ccccc3)cc(-c3ccccc3)cc2-c2ccccc2)cc(N(c2cccc(-n3c4ccccc4c4ccccc43)c2)c2c(-c3ccccc3)cc(-c3ccccc3)cc2-c2ccccc2)c1. The minimum absolute atomic E-state index is 0.244. The van der Waals surface area contributed by atoms with Gasteiger partial charge in [0.15, 0.2) is 0 Å². The van der Waals surface area contributed by atoms with E-state index >= 15 is 0 Å². The molecule has 0 aliphatic rings. The van der Waals surface area contributed by atoms with Crippen molar-refractivity contribution in [3.63, 3.8) is 0 Å². The molecule has 0 bridgehead atoms. The van der Waals surface area contributed by atoms with Gasteiger partial charge in [0.25, 0.3) is 0 Å². The number of aromatic nitrogens is 1. The maximum atomic E-state index is 4.19. The lowest BCUT2D eigenvalue weighted by molar-refractivity contribution is 0.590. The summed E-state index contributed by atoms with van der Waals surface area (Å²) in [6.45, 7) is 6.96. The van der Waals surface area contributed by atoms with Gasteiger partial charge in [-0.05, 0) is 128 Å². The van der Waals surface area contributed by atoms with E-state index in [9.17, 15) is 0 Å². The third-order valence-corrected chi connectivity index (χ3v) is 15.3. The monoisotopic (exact) mass is 1010 g/mol. The van der Waals surface area contributed by atoms with Gasteiger partial charge in [-0.1, -0.05) is 245 Å². The van der Waals surface area contributed by atoms with Crippen LogP contribution < -0.4 is 10.2 Å². The Labute approximate surface area is 464 Å². The van der Waals surface area contributed by atoms with Crippen LogP contribution >= 0.6 is 0 Å². The Hall–Kier alpha value is -9.96. The lowest BCUT2D eigenvalue weighted by Crippen LogP contribution is -2.17. The Morgan fingerprint density at radius 1 is 0.316 bits per heavy atom. The summed E-state index contributed by atoms with van der Waals surface area (Å²) in [6.07, 6.45) is 0. The lowest BCUT2D eigenvalue weighted by Gasteiger charge is -2.33. The smallest absolute Gasteiger partial charge is 0.0618 e. The fourth-order valence-electron chi connectivity index (χ4n) is 11.4. The maximum Gasteiger partial charge on any atom is 0.0618 e. The number of hydrogen-bond donors (Lipinski definition) is 1. The van der Waals surface area contributed by atoms with Gasteiger partial charge in [-0.3, -0.25) is 0 Å². The first-order valence-electron chi connectivity index (χ1n) is 27.3. The van der Waals surface area contributed by atoms with Crippen molar-refractivity contribution in [2.45, 2.75) is 26.2 Å². The molecule has 3 nitrogen and oxygen atoms in total. The van der Waals surface area contributed by atoms with Crippen LogP contribution in [0.1, 0.15) is 26.3 Å². The van der Waals surface area contributed by atoms with E-state index in [0.717, 1.165) is 106 Å². The maximum absolute atomic E-state index is 4.19. The highest BCUT2D eigenvalue weighted by atomic mass is 15.2. The molecule has 0 saturated heterocycles. The summed E-state index contributed by atoms with van der Waals surface area (Å²) in [5.41, 5.74) is 23.1. The highest BCUT2D eigenvalue weighted by molar-refractivity contribution is 6.09. The minimum atomic E-state index is -0.244. The second-order valence-electron chi connectivity index (χ2n) is 21.4. The molecule has 1 heterocycles. The first kappa shape index (κ1) is 48.7. The molecule has 3 heteroatoms. The third kappa shape index (κ3) is 9.58. The van der Waals surface area contributed by atoms with Crippen LogP contribution in [0.4, 0.5) is 28.4 Å². The molecule has 12 aromatic carbocycles. The molecule has 79 heavy (non-hydrogen) atoms. The summed E-state index contributed by atoms with van der Waals surface area (Å²) in [6, 6.07) is 108. The highest BCUT2D eigenvalue weighted by Gasteiger charge is 2.27. The van der Waals surface area contributed by atoms with E-state index in [2.05, 4.69) is 333 Å². The standard InChI is InChI=1S/C76H59N3/c1-76(2,3)61-49-62(77-74-68(55-31-14-6-15-32-55)45-59(53-27-10-4-11-28-53)46-69(74)56-33-16-7-17-34-56)51-65(50-61)78(63-39-26-40-64(52-63)79-72-43-24-22-41-66(72)67-42-23-25-44-73(67)79)75-70(57-35-18-8-19-36-57)47-60(54-29-12-5-13-30-54)48-71(75)58-37-20-9-21-38-58/h4-52,77H,1-3H3. The van der Waals surface area contributed by atoms with Gasteiger partial charge in [0, 0.05) is 55.8 Å². The second-order valence-corrected chi connectivity index (χ2v) is 21.4. The predicted molar refractivity (Wildman–Crippen MR) is 337 cm³/mol. The summed E-state index contributed by atoms with van der Waals surface area (Å²) in [7, 11) is 0. The van der Waals surface area contributed by atoms with E-state index in [-0.39, 0.29) is 5.41 Å². The van der Waals surface area contributed by atoms with Crippen LogP contribution in [0.5, 0.6) is 0 Å². The van der Waals surface area contributed by atoms with Crippen LogP contribution in [-0.4, -0.2) is 4.57 Å². The Kier molecular flexibility index (Phi) is 12.9. The molecule has 1 aromatic heterocycles. The van der Waals surface area contributed by atoms with E-state index in [4.69, 9.17) is 0 Å². The number of hydrogen-bond acceptors (Lipinski definition) is 2. The van der Waals surface area contributed by atoms with Crippen LogP contribution in [-0.2, 0) is 5.41 Å². The Balaban J connectivity index is 1.12. The van der Waals surface area contributed by atoms with Crippen LogP contribution in [0.15, 0.2) is 297 Å². The Bertz CT molecular complexity index is 4100. The number of benzene rings is 12. The largest absolute Gasteiger partial charge is 0.354 e. The van der Waals surface area contributed by atoms with Crippen molar-refractivity contribution in [2.75, 3.05) is 10.2 Å². The minimum Gasteiger partial charge on any atom is -0.354 e. The summed E-state index contributed by atoms with van der Waals surface area (Å²) in [5.74, 6) is 0. The molecule has 0 fully saturated rings. The quantitative estimate of drug-likeness (QED) is 0.132. The fraction of sp³-hybridized carbons (Fsp3) is 0.0526. The number of rotatable bonds is 12. The zero-order valence-electron chi connectivity index (χ0n) is 44.7. The van der Waals surface area contributed by atoms with Gasteiger partial charge in [-0.25, -0.2) is 0 Å². The average molecular weight is 1010 g/mol. The second kappa shape index (κ2) is 20.9. The topological polar surface area (TPSA) is 20.2 Å². The van der Waals surface area contributed by atoms with Crippen LogP contribution in [0.25, 0.3) is 94.3 Å². The van der Waals surface area contributed by atoms with Gasteiger partial charge in [0.05, 0.1) is 22.4 Å². The van der Waals surface area contributed by atoms with Gasteiger partial charge in [0.1, 0.15) is 0 Å². The predicted octanol–water partition coefficient (Wildman–Crippen LogP) is 21.3. The summed E-state index contributed by atoms with van der Waals surface area (Å²) in [5, 5.41) is 6.65. The van der Waals surface area contributed by atoms with Crippen LogP contribution in [0.3, 0.4) is 0 Å². The van der Waals surface area contributed by atoms with Crippen molar-refractivity contribution in [3.05, 3.63) is 303 Å². The zero-order chi connectivity index (χ0) is 53.3. The molecule has 1 N–H and O–H groups in total. The molecule has 378 valence electrons. The molecule has 13 aromatic rings. The molecule has 0 spiro atoms. The third-order valence-electron chi connectivity index (χ3n) is 15.3. The molecule has 0 atom stereocenters. The molecule has 0 unspecified atom stereocenters. The lowest BCUT2D eigenvalue weighted by atomic mass is 9.85. The van der Waals surface area contributed by atoms with E-state index in [1.165, 1.54) is 21.9 Å². The summed E-state index contributed by atoms with van der Waals surface area (Å²) >= 11 is 0. The molecule has 0 aliphatic carbocycles. The van der Waals surface area contributed by atoms with Gasteiger partial charge in [0.2, 0.25) is 0 Å². The van der Waals surface area contributed by atoms with E-state index in [1.54, 1.807) is 0 Å². The molecule has 0 radical (unpaired) electrons. The van der Waals surface area contributed by atoms with E-state index < -0.39 is 0 Å². The van der Waals surface area contributed by atoms with Crippen molar-refractivity contribution in [1.82, 2.24) is 4.57 Å². The van der Waals surface area contributed by atoms with Crippen molar-refractivity contribution >= 4 is 50.2 Å². The Morgan fingerprint density at radius 2 is 0.709 bits per heavy atom. The number of nitrogens with zero attached hydrogens (tertiary/aromatic N) is 2. The number of anilines is 5. The number of para-hydroxylation sites is 2. The molecular weight excluding hydrogens is 955 g/mol. The van der Waals surface area contributed by atoms with Gasteiger partial charge >= 0.3 is 0 Å². The van der Waals surface area contributed by atoms with Crippen molar-refractivity contribution in [1.29, 1.82) is 0 Å². The molecule has 0 aliphatic heterocycles. The summed E-state index contributed by atoms with van der Waals surface area (Å²) < 4.78 is 2.43.